The zero-order valence-electron chi connectivity index (χ0n) is 9.21. The van der Waals surface area contributed by atoms with Crippen LogP contribution in [0.25, 0.3) is 0 Å². The van der Waals surface area contributed by atoms with Crippen molar-refractivity contribution in [1.82, 2.24) is 9.29 Å². The van der Waals surface area contributed by atoms with Gasteiger partial charge < -0.3 is 5.73 Å². The lowest BCUT2D eigenvalue weighted by Gasteiger charge is -2.31. The van der Waals surface area contributed by atoms with Crippen molar-refractivity contribution in [3.05, 3.63) is 22.9 Å². The maximum absolute atomic E-state index is 12.3. The van der Waals surface area contributed by atoms with Gasteiger partial charge in [0.15, 0.2) is 0 Å². The predicted molar refractivity (Wildman–Crippen MR) is 67.7 cm³/mol. The van der Waals surface area contributed by atoms with Gasteiger partial charge in [-0.1, -0.05) is 0 Å². The van der Waals surface area contributed by atoms with Gasteiger partial charge in [-0.25, -0.2) is 8.42 Å². The van der Waals surface area contributed by atoms with Gasteiger partial charge in [0.25, 0.3) is 0 Å². The van der Waals surface area contributed by atoms with E-state index in [4.69, 9.17) is 5.73 Å². The maximum atomic E-state index is 12.3. The summed E-state index contributed by atoms with van der Waals surface area (Å²) < 4.78 is 26.7. The van der Waals surface area contributed by atoms with Gasteiger partial charge in [-0.05, 0) is 41.3 Å². The molecule has 2 rings (SSSR count). The molecule has 1 fully saturated rings. The van der Waals surface area contributed by atoms with Crippen LogP contribution >= 0.6 is 15.9 Å². The van der Waals surface area contributed by atoms with E-state index in [1.54, 1.807) is 12.3 Å². The number of nitrogens with two attached hydrogens (primary N) is 1. The average Bonchev–Trinajstić information content (AvgIpc) is 2.29. The molecule has 7 heteroatoms. The molecular weight excluding hydrogens is 306 g/mol. The van der Waals surface area contributed by atoms with E-state index in [9.17, 15) is 8.42 Å². The molecule has 0 amide bonds. The molecule has 0 radical (unpaired) electrons. The highest BCUT2D eigenvalue weighted by Gasteiger charge is 2.31. The van der Waals surface area contributed by atoms with Crippen molar-refractivity contribution < 1.29 is 8.42 Å². The van der Waals surface area contributed by atoms with Crippen LogP contribution in [0.15, 0.2) is 27.8 Å². The summed E-state index contributed by atoms with van der Waals surface area (Å²) in [5.41, 5.74) is 5.86. The average molecular weight is 320 g/mol. The Morgan fingerprint density at radius 1 is 1.41 bits per heavy atom. The van der Waals surface area contributed by atoms with Crippen LogP contribution in [0.1, 0.15) is 19.3 Å². The Kier molecular flexibility index (Phi) is 3.82. The first-order valence-corrected chi connectivity index (χ1v) is 7.63. The van der Waals surface area contributed by atoms with E-state index in [1.807, 2.05) is 0 Å². The zero-order valence-corrected chi connectivity index (χ0v) is 11.6. The summed E-state index contributed by atoms with van der Waals surface area (Å²) >= 11 is 3.22. The van der Waals surface area contributed by atoms with Crippen LogP contribution < -0.4 is 5.73 Å². The smallest absolute Gasteiger partial charge is 0.246 e. The molecule has 1 atom stereocenters. The van der Waals surface area contributed by atoms with Crippen molar-refractivity contribution in [3.63, 3.8) is 0 Å². The second-order valence-corrected chi connectivity index (χ2v) is 6.82. The van der Waals surface area contributed by atoms with Crippen LogP contribution in [0.3, 0.4) is 0 Å². The molecule has 17 heavy (non-hydrogen) atoms. The van der Waals surface area contributed by atoms with E-state index < -0.39 is 16.2 Å². The standard InChI is InChI=1S/C10H14BrN3O2S/c11-8-5-9(7-13-6-8)17(15,16)14-4-2-1-3-10(14)12/h5-7,10H,1-4,12H2. The quantitative estimate of drug-likeness (QED) is 0.891. The number of aromatic nitrogens is 1. The van der Waals surface area contributed by atoms with Gasteiger partial charge in [0, 0.05) is 23.4 Å². The van der Waals surface area contributed by atoms with Gasteiger partial charge in [0.2, 0.25) is 10.0 Å². The van der Waals surface area contributed by atoms with Crippen molar-refractivity contribution >= 4 is 26.0 Å². The van der Waals surface area contributed by atoms with Gasteiger partial charge in [0.05, 0.1) is 6.17 Å². The Bertz CT molecular complexity index is 506. The van der Waals surface area contributed by atoms with Crippen LogP contribution in [0, 0.1) is 0 Å². The molecule has 0 saturated carbocycles. The molecule has 94 valence electrons. The summed E-state index contributed by atoms with van der Waals surface area (Å²) in [7, 11) is -3.52. The topological polar surface area (TPSA) is 76.3 Å². The molecule has 1 aromatic heterocycles. The fourth-order valence-electron chi connectivity index (χ4n) is 1.90. The number of pyridine rings is 1. The molecule has 0 bridgehead atoms. The lowest BCUT2D eigenvalue weighted by molar-refractivity contribution is 0.258. The molecule has 2 N–H and O–H groups in total. The molecule has 0 spiro atoms. The summed E-state index contributed by atoms with van der Waals surface area (Å²) in [6.45, 7) is 0.482. The number of halogens is 1. The zero-order chi connectivity index (χ0) is 12.5. The Hall–Kier alpha value is -0.500. The molecule has 2 heterocycles. The number of rotatable bonds is 2. The van der Waals surface area contributed by atoms with Crippen molar-refractivity contribution in [2.45, 2.75) is 30.3 Å². The van der Waals surface area contributed by atoms with E-state index in [0.29, 0.717) is 17.4 Å². The Morgan fingerprint density at radius 2 is 2.18 bits per heavy atom. The minimum absolute atomic E-state index is 0.184. The van der Waals surface area contributed by atoms with E-state index in [-0.39, 0.29) is 4.90 Å². The lowest BCUT2D eigenvalue weighted by Crippen LogP contribution is -2.48. The van der Waals surface area contributed by atoms with E-state index in [0.717, 1.165) is 12.8 Å². The highest BCUT2D eigenvalue weighted by molar-refractivity contribution is 9.10. The fraction of sp³-hybridized carbons (Fsp3) is 0.500. The van der Waals surface area contributed by atoms with Crippen LogP contribution in [0.4, 0.5) is 0 Å². The summed E-state index contributed by atoms with van der Waals surface area (Å²) in [5, 5.41) is 0. The molecule has 1 aromatic rings. The Balaban J connectivity index is 2.35. The number of sulfonamides is 1. The van der Waals surface area contributed by atoms with Gasteiger partial charge in [-0.2, -0.15) is 4.31 Å². The van der Waals surface area contributed by atoms with Crippen LogP contribution in [-0.2, 0) is 10.0 Å². The Labute approximate surface area is 109 Å². The van der Waals surface area contributed by atoms with Crippen LogP contribution in [-0.4, -0.2) is 30.4 Å². The van der Waals surface area contributed by atoms with Gasteiger partial charge in [0.1, 0.15) is 4.90 Å². The Morgan fingerprint density at radius 3 is 2.82 bits per heavy atom. The van der Waals surface area contributed by atoms with Crippen molar-refractivity contribution in [3.8, 4) is 0 Å². The lowest BCUT2D eigenvalue weighted by atomic mass is 10.1. The van der Waals surface area contributed by atoms with E-state index in [2.05, 4.69) is 20.9 Å². The second kappa shape index (κ2) is 5.01. The highest BCUT2D eigenvalue weighted by atomic mass is 79.9. The maximum Gasteiger partial charge on any atom is 0.246 e. The van der Waals surface area contributed by atoms with Gasteiger partial charge >= 0.3 is 0 Å². The number of piperidine rings is 1. The molecule has 1 aliphatic rings. The molecule has 0 aliphatic carbocycles. The molecule has 1 aliphatic heterocycles. The first-order chi connectivity index (χ1) is 8.01. The SMILES string of the molecule is NC1CCCCN1S(=O)(=O)c1cncc(Br)c1. The summed E-state index contributed by atoms with van der Waals surface area (Å²) in [4.78, 5) is 4.06. The van der Waals surface area contributed by atoms with Gasteiger partial charge in [-0.3, -0.25) is 4.98 Å². The van der Waals surface area contributed by atoms with Crippen LogP contribution in [0.2, 0.25) is 0 Å². The van der Waals surface area contributed by atoms with Crippen molar-refractivity contribution in [2.24, 2.45) is 5.73 Å². The monoisotopic (exact) mass is 319 g/mol. The van der Waals surface area contributed by atoms with E-state index in [1.165, 1.54) is 10.5 Å². The number of hydrogen-bond acceptors (Lipinski definition) is 4. The second-order valence-electron chi connectivity index (χ2n) is 4.02. The first-order valence-electron chi connectivity index (χ1n) is 5.40. The van der Waals surface area contributed by atoms with Crippen LogP contribution in [0.5, 0.6) is 0 Å². The van der Waals surface area contributed by atoms with Crippen molar-refractivity contribution in [1.29, 1.82) is 0 Å². The predicted octanol–water partition coefficient (Wildman–Crippen LogP) is 1.30. The minimum atomic E-state index is -3.52. The first kappa shape index (κ1) is 12.9. The number of nitrogens with zero attached hydrogens (tertiary/aromatic N) is 2. The molecule has 1 saturated heterocycles. The summed E-state index contributed by atoms with van der Waals surface area (Å²) in [6, 6.07) is 1.55. The number of hydrogen-bond donors (Lipinski definition) is 1. The summed E-state index contributed by atoms with van der Waals surface area (Å²) in [5.74, 6) is 0. The molecule has 5 nitrogen and oxygen atoms in total. The molecule has 0 aromatic carbocycles. The normalized spacial score (nSPS) is 22.6. The third-order valence-corrected chi connectivity index (χ3v) is 5.11. The third kappa shape index (κ3) is 2.67. The fourth-order valence-corrected chi connectivity index (χ4v) is 3.99. The minimum Gasteiger partial charge on any atom is -0.315 e. The van der Waals surface area contributed by atoms with E-state index >= 15 is 0 Å². The molecule has 1 unspecified atom stereocenters. The van der Waals surface area contributed by atoms with Gasteiger partial charge in [-0.15, -0.1) is 0 Å². The largest absolute Gasteiger partial charge is 0.315 e. The molecular formula is C10H14BrN3O2S. The van der Waals surface area contributed by atoms with Crippen molar-refractivity contribution in [2.75, 3.05) is 6.54 Å². The summed E-state index contributed by atoms with van der Waals surface area (Å²) in [6.07, 6.45) is 5.02. The third-order valence-electron chi connectivity index (χ3n) is 2.78. The highest BCUT2D eigenvalue weighted by Crippen LogP contribution is 2.24.